The molecule has 0 radical (unpaired) electrons. The summed E-state index contributed by atoms with van der Waals surface area (Å²) in [6, 6.07) is 8.30. The molecule has 14 heteroatoms. The summed E-state index contributed by atoms with van der Waals surface area (Å²) in [5.41, 5.74) is 2.15. The molecule has 1 aliphatic carbocycles. The van der Waals surface area contributed by atoms with E-state index in [4.69, 9.17) is 9.47 Å². The fourth-order valence-electron chi connectivity index (χ4n) is 6.25. The van der Waals surface area contributed by atoms with Crippen LogP contribution in [0.15, 0.2) is 47.9 Å². The molecule has 6 rings (SSSR count). The minimum absolute atomic E-state index is 0.208. The predicted molar refractivity (Wildman–Crippen MR) is 161 cm³/mol. The summed E-state index contributed by atoms with van der Waals surface area (Å²) in [5.74, 6) is 0.764. The second-order valence-corrected chi connectivity index (χ2v) is 11.8. The lowest BCUT2D eigenvalue weighted by atomic mass is 9.89. The second-order valence-electron chi connectivity index (χ2n) is 11.8. The highest BCUT2D eigenvalue weighted by Gasteiger charge is 2.31. The molecule has 1 aliphatic heterocycles. The van der Waals surface area contributed by atoms with Crippen molar-refractivity contribution in [1.29, 1.82) is 5.26 Å². The van der Waals surface area contributed by atoms with E-state index in [1.165, 1.54) is 6.33 Å². The van der Waals surface area contributed by atoms with Crippen LogP contribution in [0, 0.1) is 11.3 Å². The number of nitrogens with one attached hydrogen (secondary N) is 2. The quantitative estimate of drug-likeness (QED) is 0.290. The number of tetrazole rings is 1. The van der Waals surface area contributed by atoms with Gasteiger partial charge < -0.3 is 14.8 Å². The summed E-state index contributed by atoms with van der Waals surface area (Å²) in [5, 5.41) is 26.7. The summed E-state index contributed by atoms with van der Waals surface area (Å²) in [7, 11) is 0. The SMILES string of the molecule is C[C@@H]1CN(C2CCC(n3cc(Nc4ncc(-c5ccc(C#N)c(O[C@@H](C)Cn6cnnn6)c5)cn4)c(=O)[nH]3)CC2)C[C@H](C)O1. The third kappa shape index (κ3) is 6.79. The van der Waals surface area contributed by atoms with Crippen molar-refractivity contribution in [3.63, 3.8) is 0 Å². The zero-order valence-corrected chi connectivity index (χ0v) is 25.1. The number of morpholine rings is 1. The van der Waals surface area contributed by atoms with Gasteiger partial charge in [0.15, 0.2) is 0 Å². The Kier molecular flexibility index (Phi) is 8.67. The lowest BCUT2D eigenvalue weighted by Crippen LogP contribution is -2.51. The van der Waals surface area contributed by atoms with Gasteiger partial charge in [0.05, 0.1) is 36.6 Å². The Labute approximate surface area is 255 Å². The third-order valence-corrected chi connectivity index (χ3v) is 8.26. The molecule has 2 fully saturated rings. The molecule has 1 aromatic carbocycles. The third-order valence-electron chi connectivity index (χ3n) is 8.26. The highest BCUT2D eigenvalue weighted by molar-refractivity contribution is 5.66. The molecule has 14 nitrogen and oxygen atoms in total. The van der Waals surface area contributed by atoms with E-state index in [0.717, 1.165) is 49.9 Å². The maximum absolute atomic E-state index is 12.8. The normalized spacial score (nSPS) is 23.1. The van der Waals surface area contributed by atoms with E-state index in [-0.39, 0.29) is 29.9 Å². The van der Waals surface area contributed by atoms with Crippen molar-refractivity contribution in [3.8, 4) is 22.9 Å². The van der Waals surface area contributed by atoms with Crippen molar-refractivity contribution in [2.45, 2.75) is 83.4 Å². The van der Waals surface area contributed by atoms with Gasteiger partial charge in [0, 0.05) is 37.1 Å². The highest BCUT2D eigenvalue weighted by atomic mass is 16.5. The zero-order valence-electron chi connectivity index (χ0n) is 25.1. The zero-order chi connectivity index (χ0) is 30.6. The van der Waals surface area contributed by atoms with Crippen LogP contribution in [0.1, 0.15) is 58.1 Å². The molecule has 1 saturated carbocycles. The van der Waals surface area contributed by atoms with Crippen LogP contribution in [0.2, 0.25) is 0 Å². The number of rotatable bonds is 9. The molecule has 4 heterocycles. The van der Waals surface area contributed by atoms with Gasteiger partial charge in [-0.05, 0) is 74.6 Å². The Morgan fingerprint density at radius 1 is 1.11 bits per heavy atom. The Balaban J connectivity index is 1.08. The van der Waals surface area contributed by atoms with Crippen LogP contribution in [0.3, 0.4) is 0 Å². The summed E-state index contributed by atoms with van der Waals surface area (Å²) in [6.45, 7) is 8.56. The maximum Gasteiger partial charge on any atom is 0.287 e. The molecular weight excluding hydrogens is 562 g/mol. The number of aromatic nitrogens is 8. The number of ether oxygens (including phenoxy) is 2. The number of nitriles is 1. The first kappa shape index (κ1) is 29.5. The van der Waals surface area contributed by atoms with Crippen molar-refractivity contribution in [3.05, 3.63) is 59.0 Å². The fourth-order valence-corrected chi connectivity index (χ4v) is 6.25. The van der Waals surface area contributed by atoms with Gasteiger partial charge in [-0.15, -0.1) is 5.10 Å². The molecule has 44 heavy (non-hydrogen) atoms. The average molecular weight is 600 g/mol. The minimum Gasteiger partial charge on any atom is -0.487 e. The predicted octanol–water partition coefficient (Wildman–Crippen LogP) is 3.30. The summed E-state index contributed by atoms with van der Waals surface area (Å²) in [4.78, 5) is 24.2. The molecule has 2 aliphatic rings. The van der Waals surface area contributed by atoms with Crippen molar-refractivity contribution in [2.24, 2.45) is 0 Å². The van der Waals surface area contributed by atoms with Crippen LogP contribution in [-0.4, -0.2) is 82.3 Å². The Morgan fingerprint density at radius 2 is 1.84 bits per heavy atom. The summed E-state index contributed by atoms with van der Waals surface area (Å²) >= 11 is 0. The van der Waals surface area contributed by atoms with Crippen LogP contribution < -0.4 is 15.6 Å². The van der Waals surface area contributed by atoms with Crippen molar-refractivity contribution >= 4 is 11.6 Å². The number of aromatic amines is 1. The monoisotopic (exact) mass is 599 g/mol. The number of H-pyrrole nitrogens is 1. The number of benzene rings is 1. The molecule has 0 bridgehead atoms. The first-order valence-electron chi connectivity index (χ1n) is 15.1. The Morgan fingerprint density at radius 3 is 2.52 bits per heavy atom. The van der Waals surface area contributed by atoms with Crippen LogP contribution in [-0.2, 0) is 11.3 Å². The molecule has 0 spiro atoms. The van der Waals surface area contributed by atoms with Gasteiger partial charge in [-0.2, -0.15) is 5.26 Å². The highest BCUT2D eigenvalue weighted by Crippen LogP contribution is 2.32. The lowest BCUT2D eigenvalue weighted by Gasteiger charge is -2.42. The lowest BCUT2D eigenvalue weighted by molar-refractivity contribution is -0.0852. The first-order chi connectivity index (χ1) is 21.3. The summed E-state index contributed by atoms with van der Waals surface area (Å²) in [6.07, 6.45) is 11.1. The number of anilines is 2. The van der Waals surface area contributed by atoms with E-state index in [1.807, 2.05) is 23.9 Å². The van der Waals surface area contributed by atoms with Gasteiger partial charge in [-0.1, -0.05) is 6.07 Å². The molecule has 0 amide bonds. The van der Waals surface area contributed by atoms with E-state index in [0.29, 0.717) is 35.5 Å². The van der Waals surface area contributed by atoms with E-state index < -0.39 is 0 Å². The van der Waals surface area contributed by atoms with Gasteiger partial charge in [-0.3, -0.25) is 19.5 Å². The summed E-state index contributed by atoms with van der Waals surface area (Å²) < 4.78 is 15.4. The van der Waals surface area contributed by atoms with Crippen LogP contribution in [0.5, 0.6) is 5.75 Å². The van der Waals surface area contributed by atoms with E-state index >= 15 is 0 Å². The molecular formula is C30H37N11O3. The van der Waals surface area contributed by atoms with Gasteiger partial charge in [-0.25, -0.2) is 14.6 Å². The molecule has 2 N–H and O–H groups in total. The molecule has 4 aromatic rings. The van der Waals surface area contributed by atoms with E-state index in [1.54, 1.807) is 29.2 Å². The Bertz CT molecular complexity index is 1630. The van der Waals surface area contributed by atoms with Crippen LogP contribution in [0.4, 0.5) is 11.6 Å². The van der Waals surface area contributed by atoms with Crippen molar-refractivity contribution < 1.29 is 9.47 Å². The average Bonchev–Trinajstić information content (AvgIpc) is 3.66. The largest absolute Gasteiger partial charge is 0.487 e. The van der Waals surface area contributed by atoms with Crippen LogP contribution >= 0.6 is 0 Å². The van der Waals surface area contributed by atoms with Crippen molar-refractivity contribution in [1.82, 2.24) is 44.9 Å². The van der Waals surface area contributed by atoms with E-state index in [9.17, 15) is 10.1 Å². The van der Waals surface area contributed by atoms with Gasteiger partial charge in [0.1, 0.15) is 29.9 Å². The Hall–Kier alpha value is -4.61. The second kappa shape index (κ2) is 12.9. The van der Waals surface area contributed by atoms with E-state index in [2.05, 4.69) is 60.7 Å². The standard InChI is InChI=1S/C30H37N11O3/c1-19-14-39(15-20(2)43-19)25-6-8-26(9-7-25)41-17-27(29(42)36-41)35-30-32-12-24(13-33-30)22-4-5-23(11-31)28(10-22)44-21(3)16-40-18-34-37-38-40/h4-5,10,12-13,17-21,25-26H,6-9,14-16H2,1-3H3,(H,36,42)(H,32,33,35)/t19-,20+,21-,25?,26?/m0/s1. The number of hydrogen-bond acceptors (Lipinski definition) is 11. The molecule has 230 valence electrons. The van der Waals surface area contributed by atoms with Crippen LogP contribution in [0.25, 0.3) is 11.1 Å². The molecule has 3 aromatic heterocycles. The maximum atomic E-state index is 12.8. The number of nitrogens with zero attached hydrogens (tertiary/aromatic N) is 9. The van der Waals surface area contributed by atoms with Gasteiger partial charge >= 0.3 is 0 Å². The van der Waals surface area contributed by atoms with Crippen molar-refractivity contribution in [2.75, 3.05) is 18.4 Å². The molecule has 0 unspecified atom stereocenters. The number of hydrogen-bond donors (Lipinski definition) is 2. The minimum atomic E-state index is -0.276. The first-order valence-corrected chi connectivity index (χ1v) is 15.1. The fraction of sp³-hybridized carbons (Fsp3) is 0.500. The smallest absolute Gasteiger partial charge is 0.287 e. The topological polar surface area (TPSA) is 165 Å². The molecule has 1 saturated heterocycles. The molecule has 3 atom stereocenters. The van der Waals surface area contributed by atoms with Gasteiger partial charge in [0.2, 0.25) is 5.95 Å². The van der Waals surface area contributed by atoms with Gasteiger partial charge in [0.25, 0.3) is 5.56 Å².